The summed E-state index contributed by atoms with van der Waals surface area (Å²) in [5.41, 5.74) is 0.993. The number of rotatable bonds is 16. The third-order valence-electron chi connectivity index (χ3n) is 5.66. The van der Waals surface area contributed by atoms with Crippen LogP contribution in [-0.2, 0) is 36.4 Å². The third-order valence-corrected chi connectivity index (χ3v) is 6.47. The molecule has 4 atom stereocenters. The molecule has 0 aliphatic rings. The van der Waals surface area contributed by atoms with Gasteiger partial charge in [-0.15, -0.1) is 0 Å². The van der Waals surface area contributed by atoms with E-state index in [1.165, 1.54) is 0 Å². The van der Waals surface area contributed by atoms with Crippen molar-refractivity contribution in [2.75, 3.05) is 12.0 Å². The van der Waals surface area contributed by atoms with E-state index >= 15 is 0 Å². The van der Waals surface area contributed by atoms with Crippen LogP contribution in [0.5, 0.6) is 0 Å². The minimum absolute atomic E-state index is 0.0219. The number of benzene rings is 1. The average Bonchev–Trinajstić information content (AvgIpc) is 2.75. The van der Waals surface area contributed by atoms with Gasteiger partial charge < -0.3 is 10.1 Å². The van der Waals surface area contributed by atoms with Gasteiger partial charge in [-0.1, -0.05) is 58.0 Å². The van der Waals surface area contributed by atoms with Gasteiger partial charge in [0.1, 0.15) is 12.1 Å². The fourth-order valence-corrected chi connectivity index (χ4v) is 4.46. The molecule has 0 spiro atoms. The fraction of sp³-hybridized carbons (Fsp3) is 0.615. The van der Waals surface area contributed by atoms with Crippen molar-refractivity contribution >= 4 is 34.6 Å². The smallest absolute Gasteiger partial charge is 0.224 e. The Kier molecular flexibility index (Phi) is 13.0. The van der Waals surface area contributed by atoms with E-state index in [2.05, 4.69) is 5.32 Å². The van der Waals surface area contributed by atoms with Crippen LogP contribution in [0.1, 0.15) is 58.9 Å². The molecule has 184 valence electrons. The van der Waals surface area contributed by atoms with Crippen LogP contribution in [0.2, 0.25) is 0 Å². The monoisotopic (exact) mass is 477 g/mol. The first-order valence-corrected chi connectivity index (χ1v) is 13.4. The second-order valence-electron chi connectivity index (χ2n) is 9.47. The molecular formula is C26H39NO5S. The van der Waals surface area contributed by atoms with Crippen molar-refractivity contribution in [3.05, 3.63) is 35.9 Å². The molecule has 0 saturated heterocycles. The second-order valence-corrected chi connectivity index (χ2v) is 11.0. The lowest BCUT2D eigenvalue weighted by Gasteiger charge is -2.25. The largest absolute Gasteiger partial charge is 0.346 e. The molecule has 4 unspecified atom stereocenters. The van der Waals surface area contributed by atoms with Gasteiger partial charge in [-0.2, -0.15) is 0 Å². The number of hydrogen-bond acceptors (Lipinski definition) is 5. The van der Waals surface area contributed by atoms with Gasteiger partial charge in [0.25, 0.3) is 0 Å². The standard InChI is InChI=1S/C26H39NO5S/c1-18(2)15-23(27-26(31)21(11-13-28)12-14-33(5)32)24(29)17-22(25(30)19(3)4)16-20-9-7-6-8-10-20/h6-10,13,18-19,21-23H,11-12,14-17H2,1-5H3,(H,27,31). The number of carbonyl (C=O) groups excluding carboxylic acids is 4. The predicted molar refractivity (Wildman–Crippen MR) is 132 cm³/mol. The van der Waals surface area contributed by atoms with Gasteiger partial charge in [0, 0.05) is 53.4 Å². The van der Waals surface area contributed by atoms with Crippen LogP contribution in [0.25, 0.3) is 0 Å². The van der Waals surface area contributed by atoms with Gasteiger partial charge in [-0.25, -0.2) is 0 Å². The first-order chi connectivity index (χ1) is 15.5. The summed E-state index contributed by atoms with van der Waals surface area (Å²) < 4.78 is 11.4. The zero-order chi connectivity index (χ0) is 25.0. The van der Waals surface area contributed by atoms with E-state index < -0.39 is 28.7 Å². The Morgan fingerprint density at radius 1 is 1.03 bits per heavy atom. The lowest BCUT2D eigenvalue weighted by atomic mass is 9.83. The van der Waals surface area contributed by atoms with Gasteiger partial charge in [-0.05, 0) is 30.7 Å². The minimum Gasteiger partial charge on any atom is -0.346 e. The summed E-state index contributed by atoms with van der Waals surface area (Å²) in [4.78, 5) is 50.1. The summed E-state index contributed by atoms with van der Waals surface area (Å²) in [6.45, 7) is 7.60. The maximum Gasteiger partial charge on any atom is 0.224 e. The second kappa shape index (κ2) is 14.9. The van der Waals surface area contributed by atoms with Crippen molar-refractivity contribution in [2.45, 2.75) is 65.8 Å². The maximum atomic E-state index is 13.3. The highest BCUT2D eigenvalue weighted by atomic mass is 32.2. The number of carbonyl (C=O) groups is 4. The van der Waals surface area contributed by atoms with E-state index in [1.54, 1.807) is 6.26 Å². The van der Waals surface area contributed by atoms with E-state index in [0.29, 0.717) is 31.3 Å². The number of amides is 1. The molecule has 7 heteroatoms. The molecule has 6 nitrogen and oxygen atoms in total. The van der Waals surface area contributed by atoms with Crippen LogP contribution in [0, 0.1) is 23.7 Å². The predicted octanol–water partition coefficient (Wildman–Crippen LogP) is 3.53. The summed E-state index contributed by atoms with van der Waals surface area (Å²) in [6.07, 6.45) is 3.56. The van der Waals surface area contributed by atoms with Crippen molar-refractivity contribution in [3.8, 4) is 0 Å². The first-order valence-electron chi connectivity index (χ1n) is 11.7. The Morgan fingerprint density at radius 2 is 1.67 bits per heavy atom. The minimum atomic E-state index is -1.07. The summed E-state index contributed by atoms with van der Waals surface area (Å²) in [5, 5.41) is 2.84. The van der Waals surface area contributed by atoms with Gasteiger partial charge in [0.05, 0.1) is 6.04 Å². The van der Waals surface area contributed by atoms with Gasteiger partial charge in [0.15, 0.2) is 5.78 Å². The van der Waals surface area contributed by atoms with Crippen LogP contribution < -0.4 is 5.32 Å². The molecule has 0 aromatic heterocycles. The molecule has 0 fully saturated rings. The molecule has 33 heavy (non-hydrogen) atoms. The molecule has 0 saturated carbocycles. The van der Waals surface area contributed by atoms with E-state index in [-0.39, 0.29) is 42.2 Å². The topological polar surface area (TPSA) is 97.4 Å². The highest BCUT2D eigenvalue weighted by Gasteiger charge is 2.30. The molecule has 0 aliphatic heterocycles. The number of hydrogen-bond donors (Lipinski definition) is 1. The molecule has 1 aromatic carbocycles. The Bertz CT molecular complexity index is 806. The Balaban J connectivity index is 3.01. The van der Waals surface area contributed by atoms with E-state index in [1.807, 2.05) is 58.0 Å². The number of aldehydes is 1. The Hall–Kier alpha value is -2.15. The molecule has 1 aromatic rings. The van der Waals surface area contributed by atoms with Crippen LogP contribution >= 0.6 is 0 Å². The highest BCUT2D eigenvalue weighted by molar-refractivity contribution is 7.84. The summed E-state index contributed by atoms with van der Waals surface area (Å²) >= 11 is 0. The molecule has 0 aliphatic carbocycles. The zero-order valence-electron chi connectivity index (χ0n) is 20.5. The third kappa shape index (κ3) is 11.0. The van der Waals surface area contributed by atoms with Gasteiger partial charge in [0.2, 0.25) is 5.91 Å². The summed E-state index contributed by atoms with van der Waals surface area (Å²) in [6, 6.07) is 8.89. The van der Waals surface area contributed by atoms with Crippen molar-refractivity contribution in [1.29, 1.82) is 0 Å². The number of ketones is 2. The average molecular weight is 478 g/mol. The molecule has 0 radical (unpaired) electrons. The summed E-state index contributed by atoms with van der Waals surface area (Å²) in [7, 11) is -1.07. The quantitative estimate of drug-likeness (QED) is 0.367. The fourth-order valence-electron chi connectivity index (χ4n) is 3.84. The van der Waals surface area contributed by atoms with E-state index in [4.69, 9.17) is 0 Å². The zero-order valence-corrected chi connectivity index (χ0v) is 21.4. The lowest BCUT2D eigenvalue weighted by molar-refractivity contribution is -0.133. The Morgan fingerprint density at radius 3 is 2.18 bits per heavy atom. The van der Waals surface area contributed by atoms with Crippen molar-refractivity contribution < 1.29 is 23.4 Å². The van der Waals surface area contributed by atoms with Crippen molar-refractivity contribution in [3.63, 3.8) is 0 Å². The lowest BCUT2D eigenvalue weighted by Crippen LogP contribution is -2.45. The highest BCUT2D eigenvalue weighted by Crippen LogP contribution is 2.21. The molecule has 0 heterocycles. The first kappa shape index (κ1) is 28.9. The normalized spacial score (nSPS) is 15.0. The molecular weight excluding hydrogens is 438 g/mol. The summed E-state index contributed by atoms with van der Waals surface area (Å²) in [5.74, 6) is -1.32. The number of Topliss-reactive ketones (excluding diaryl/α,β-unsaturated/α-hetero) is 2. The van der Waals surface area contributed by atoms with E-state index in [9.17, 15) is 23.4 Å². The molecule has 1 amide bonds. The van der Waals surface area contributed by atoms with E-state index in [0.717, 1.165) is 5.56 Å². The van der Waals surface area contributed by atoms with Crippen LogP contribution in [0.15, 0.2) is 30.3 Å². The van der Waals surface area contributed by atoms with Crippen molar-refractivity contribution in [2.24, 2.45) is 23.7 Å². The van der Waals surface area contributed by atoms with Gasteiger partial charge in [-0.3, -0.25) is 18.6 Å². The SMILES string of the molecule is CC(C)CC(NC(=O)C(CC=O)CCS(C)=O)C(=O)CC(Cc1ccccc1)C(=O)C(C)C. The molecule has 0 bridgehead atoms. The number of nitrogens with one attached hydrogen (secondary N) is 1. The van der Waals surface area contributed by atoms with Crippen LogP contribution in [-0.4, -0.2) is 46.0 Å². The maximum absolute atomic E-state index is 13.3. The van der Waals surface area contributed by atoms with Crippen molar-refractivity contribution in [1.82, 2.24) is 5.32 Å². The Labute approximate surface area is 200 Å². The van der Waals surface area contributed by atoms with Crippen LogP contribution in [0.4, 0.5) is 0 Å². The molecule has 1 N–H and O–H groups in total. The molecule has 1 rings (SSSR count). The van der Waals surface area contributed by atoms with Gasteiger partial charge >= 0.3 is 0 Å². The van der Waals surface area contributed by atoms with Crippen LogP contribution in [0.3, 0.4) is 0 Å².